The fourth-order valence-electron chi connectivity index (χ4n) is 3.23. The lowest BCUT2D eigenvalue weighted by Gasteiger charge is -2.32. The first-order chi connectivity index (χ1) is 11.1. The molecule has 5 heteroatoms. The van der Waals surface area contributed by atoms with E-state index in [2.05, 4.69) is 38.9 Å². The van der Waals surface area contributed by atoms with E-state index in [0.717, 1.165) is 25.5 Å². The lowest BCUT2D eigenvalue weighted by atomic mass is 9.91. The van der Waals surface area contributed by atoms with Crippen molar-refractivity contribution >= 4 is 5.82 Å². The predicted octanol–water partition coefficient (Wildman–Crippen LogP) is 2.63. The Morgan fingerprint density at radius 1 is 1.13 bits per heavy atom. The van der Waals surface area contributed by atoms with Crippen molar-refractivity contribution in [2.75, 3.05) is 32.1 Å². The van der Waals surface area contributed by atoms with E-state index < -0.39 is 0 Å². The van der Waals surface area contributed by atoms with Crippen LogP contribution >= 0.6 is 0 Å². The van der Waals surface area contributed by atoms with Crippen LogP contribution in [0.15, 0.2) is 30.9 Å². The molecular weight excluding hydrogens is 286 g/mol. The highest BCUT2D eigenvalue weighted by Gasteiger charge is 2.22. The largest absolute Gasteiger partial charge is 0.363 e. The summed E-state index contributed by atoms with van der Waals surface area (Å²) >= 11 is 0. The molecule has 0 amide bonds. The van der Waals surface area contributed by atoms with Crippen LogP contribution in [0.4, 0.5) is 5.82 Å². The van der Waals surface area contributed by atoms with Gasteiger partial charge in [-0.25, -0.2) is 15.0 Å². The Hall–Kier alpha value is -2.01. The maximum atomic E-state index is 4.50. The van der Waals surface area contributed by atoms with Crippen molar-refractivity contribution in [2.24, 2.45) is 0 Å². The second-order valence-electron chi connectivity index (χ2n) is 6.56. The molecule has 1 saturated heterocycles. The van der Waals surface area contributed by atoms with E-state index in [1.807, 2.05) is 31.4 Å². The third-order valence-corrected chi connectivity index (χ3v) is 4.58. The molecule has 0 atom stereocenters. The first-order valence-electron chi connectivity index (χ1n) is 8.24. The molecule has 0 saturated carbocycles. The minimum Gasteiger partial charge on any atom is -0.363 e. The van der Waals surface area contributed by atoms with Crippen molar-refractivity contribution in [3.63, 3.8) is 0 Å². The normalized spacial score (nSPS) is 16.5. The second-order valence-corrected chi connectivity index (χ2v) is 6.56. The quantitative estimate of drug-likeness (QED) is 0.868. The van der Waals surface area contributed by atoms with Gasteiger partial charge in [0.1, 0.15) is 12.1 Å². The van der Waals surface area contributed by atoms with Gasteiger partial charge >= 0.3 is 0 Å². The minimum atomic E-state index is 0.573. The Bertz CT molecular complexity index is 630. The topological polar surface area (TPSA) is 45.2 Å². The van der Waals surface area contributed by atoms with E-state index in [1.165, 1.54) is 29.7 Å². The summed E-state index contributed by atoms with van der Waals surface area (Å²) in [5.41, 5.74) is 3.73. The van der Waals surface area contributed by atoms with Crippen molar-refractivity contribution < 1.29 is 0 Å². The van der Waals surface area contributed by atoms with Crippen molar-refractivity contribution in [1.29, 1.82) is 0 Å². The van der Waals surface area contributed by atoms with Crippen LogP contribution < -0.4 is 4.90 Å². The number of aromatic nitrogens is 3. The van der Waals surface area contributed by atoms with E-state index in [4.69, 9.17) is 0 Å². The summed E-state index contributed by atoms with van der Waals surface area (Å²) in [6, 6.07) is 4.27. The number of aryl methyl sites for hydroxylation is 1. The Morgan fingerprint density at radius 3 is 2.52 bits per heavy atom. The molecule has 23 heavy (non-hydrogen) atoms. The molecule has 1 fully saturated rings. The van der Waals surface area contributed by atoms with E-state index in [0.29, 0.717) is 5.92 Å². The van der Waals surface area contributed by atoms with Crippen molar-refractivity contribution in [3.8, 4) is 0 Å². The van der Waals surface area contributed by atoms with Crippen molar-refractivity contribution in [1.82, 2.24) is 19.9 Å². The average molecular weight is 311 g/mol. The highest BCUT2D eigenvalue weighted by molar-refractivity contribution is 5.37. The number of rotatable bonds is 4. The third-order valence-electron chi connectivity index (χ3n) is 4.58. The molecule has 0 aromatic carbocycles. The standard InChI is InChI=1S/C18H25N5/c1-14-10-19-13-21-18(14)16-6-8-23(9-7-16)12-15-4-5-17(20-11-15)22(2)3/h4-5,10-11,13,16H,6-9,12H2,1-3H3. The molecule has 1 aliphatic rings. The van der Waals surface area contributed by atoms with Gasteiger partial charge in [0.05, 0.1) is 0 Å². The Kier molecular flexibility index (Phi) is 4.86. The van der Waals surface area contributed by atoms with Gasteiger partial charge in [0.2, 0.25) is 0 Å². The smallest absolute Gasteiger partial charge is 0.127 e. The summed E-state index contributed by atoms with van der Waals surface area (Å²) in [6.45, 7) is 5.32. The molecule has 0 N–H and O–H groups in total. The molecule has 0 unspecified atom stereocenters. The molecule has 0 radical (unpaired) electrons. The lowest BCUT2D eigenvalue weighted by molar-refractivity contribution is 0.203. The van der Waals surface area contributed by atoms with Gasteiger partial charge < -0.3 is 4.90 Å². The highest BCUT2D eigenvalue weighted by Crippen LogP contribution is 2.28. The van der Waals surface area contributed by atoms with Gasteiger partial charge in [-0.2, -0.15) is 0 Å². The number of hydrogen-bond acceptors (Lipinski definition) is 5. The highest BCUT2D eigenvalue weighted by atomic mass is 15.1. The van der Waals surface area contributed by atoms with Crippen LogP contribution in [0.3, 0.4) is 0 Å². The minimum absolute atomic E-state index is 0.573. The van der Waals surface area contributed by atoms with Gasteiger partial charge in [-0.05, 0) is 50.0 Å². The lowest BCUT2D eigenvalue weighted by Crippen LogP contribution is -2.33. The molecule has 0 bridgehead atoms. The summed E-state index contributed by atoms with van der Waals surface area (Å²) < 4.78 is 0. The summed E-state index contributed by atoms with van der Waals surface area (Å²) in [7, 11) is 4.03. The van der Waals surface area contributed by atoms with E-state index in [9.17, 15) is 0 Å². The number of piperidine rings is 1. The molecular formula is C18H25N5. The maximum absolute atomic E-state index is 4.50. The number of likely N-dealkylation sites (tertiary alicyclic amines) is 1. The molecule has 5 nitrogen and oxygen atoms in total. The van der Waals surface area contributed by atoms with Crippen molar-refractivity contribution in [3.05, 3.63) is 47.7 Å². The van der Waals surface area contributed by atoms with E-state index in [-0.39, 0.29) is 0 Å². The zero-order valence-electron chi connectivity index (χ0n) is 14.2. The van der Waals surface area contributed by atoms with Crippen LogP contribution in [0, 0.1) is 6.92 Å². The van der Waals surface area contributed by atoms with Gasteiger partial charge in [0, 0.05) is 44.6 Å². The third kappa shape index (κ3) is 3.85. The Labute approximate surface area is 138 Å². The van der Waals surface area contributed by atoms with E-state index >= 15 is 0 Å². The fraction of sp³-hybridized carbons (Fsp3) is 0.500. The second kappa shape index (κ2) is 7.04. The Morgan fingerprint density at radius 2 is 1.91 bits per heavy atom. The zero-order valence-corrected chi connectivity index (χ0v) is 14.2. The summed E-state index contributed by atoms with van der Waals surface area (Å²) in [5, 5.41) is 0. The molecule has 2 aromatic rings. The van der Waals surface area contributed by atoms with Crippen LogP contribution in [-0.2, 0) is 6.54 Å². The van der Waals surface area contributed by atoms with Gasteiger partial charge in [0.25, 0.3) is 0 Å². The number of hydrogen-bond donors (Lipinski definition) is 0. The summed E-state index contributed by atoms with van der Waals surface area (Å²) in [4.78, 5) is 17.6. The fourth-order valence-corrected chi connectivity index (χ4v) is 3.23. The predicted molar refractivity (Wildman–Crippen MR) is 92.6 cm³/mol. The van der Waals surface area contributed by atoms with Crippen LogP contribution in [0.25, 0.3) is 0 Å². The zero-order chi connectivity index (χ0) is 16.2. The van der Waals surface area contributed by atoms with Gasteiger partial charge in [-0.3, -0.25) is 4.90 Å². The molecule has 3 rings (SSSR count). The molecule has 2 aromatic heterocycles. The summed E-state index contributed by atoms with van der Waals surface area (Å²) in [5.74, 6) is 1.58. The SMILES string of the molecule is Cc1cncnc1C1CCN(Cc2ccc(N(C)C)nc2)CC1. The number of anilines is 1. The average Bonchev–Trinajstić information content (AvgIpc) is 2.57. The number of pyridine rings is 1. The molecule has 0 aliphatic carbocycles. The van der Waals surface area contributed by atoms with Gasteiger partial charge in [-0.1, -0.05) is 6.07 Å². The first-order valence-corrected chi connectivity index (χ1v) is 8.24. The first kappa shape index (κ1) is 15.9. The van der Waals surface area contributed by atoms with Crippen LogP contribution in [0.5, 0.6) is 0 Å². The van der Waals surface area contributed by atoms with Crippen molar-refractivity contribution in [2.45, 2.75) is 32.2 Å². The monoisotopic (exact) mass is 311 g/mol. The van der Waals surface area contributed by atoms with E-state index in [1.54, 1.807) is 6.33 Å². The Balaban J connectivity index is 1.56. The summed E-state index contributed by atoms with van der Waals surface area (Å²) in [6.07, 6.45) is 7.93. The molecule has 3 heterocycles. The van der Waals surface area contributed by atoms with Crippen LogP contribution in [-0.4, -0.2) is 47.0 Å². The van der Waals surface area contributed by atoms with Crippen LogP contribution in [0.1, 0.15) is 35.6 Å². The molecule has 122 valence electrons. The van der Waals surface area contributed by atoms with Gasteiger partial charge in [-0.15, -0.1) is 0 Å². The molecule has 0 spiro atoms. The molecule has 1 aliphatic heterocycles. The van der Waals surface area contributed by atoms with Crippen LogP contribution in [0.2, 0.25) is 0 Å². The maximum Gasteiger partial charge on any atom is 0.127 e. The van der Waals surface area contributed by atoms with Gasteiger partial charge in [0.15, 0.2) is 0 Å². The number of nitrogens with zero attached hydrogens (tertiary/aromatic N) is 5.